The molecule has 2 N–H and O–H groups in total. The van der Waals surface area contributed by atoms with E-state index < -0.39 is 11.6 Å². The first-order valence-electron chi connectivity index (χ1n) is 10.2. The van der Waals surface area contributed by atoms with Gasteiger partial charge in [0, 0.05) is 25.7 Å². The van der Waals surface area contributed by atoms with E-state index in [1.165, 1.54) is 0 Å². The maximum Gasteiger partial charge on any atom is 0.253 e. The second kappa shape index (κ2) is 7.89. The summed E-state index contributed by atoms with van der Waals surface area (Å²) in [5.41, 5.74) is 1.10. The summed E-state index contributed by atoms with van der Waals surface area (Å²) in [5, 5.41) is 6.40. The zero-order valence-corrected chi connectivity index (χ0v) is 16.9. The van der Waals surface area contributed by atoms with E-state index in [9.17, 15) is 9.59 Å². The predicted molar refractivity (Wildman–Crippen MR) is 109 cm³/mol. The standard InChI is InChI=1S/C21H32N4O2/c1-5-15(3)24-13-11-21(12-14-24)20(27)25(16(4)19(26)22-6-2)18-10-8-7-9-17(18)23-21/h7-10,15-16,23H,5-6,11-14H2,1-4H3,(H,22,26)/t15-,16-/m0/s1. The molecule has 2 aliphatic heterocycles. The number of benzene rings is 1. The van der Waals surface area contributed by atoms with Crippen LogP contribution >= 0.6 is 0 Å². The molecular weight excluding hydrogens is 340 g/mol. The van der Waals surface area contributed by atoms with Crippen molar-refractivity contribution in [3.63, 3.8) is 0 Å². The summed E-state index contributed by atoms with van der Waals surface area (Å²) in [6.07, 6.45) is 2.61. The van der Waals surface area contributed by atoms with Crippen LogP contribution in [0, 0.1) is 0 Å². The lowest BCUT2D eigenvalue weighted by molar-refractivity contribution is -0.129. The van der Waals surface area contributed by atoms with Crippen molar-refractivity contribution in [2.45, 2.75) is 64.6 Å². The molecule has 148 valence electrons. The maximum absolute atomic E-state index is 13.6. The Morgan fingerprint density at radius 3 is 2.52 bits per heavy atom. The van der Waals surface area contributed by atoms with Gasteiger partial charge in [0.1, 0.15) is 11.6 Å². The van der Waals surface area contributed by atoms with E-state index in [0.717, 1.165) is 43.7 Å². The molecule has 2 aliphatic rings. The van der Waals surface area contributed by atoms with Crippen LogP contribution in [0.1, 0.15) is 47.0 Å². The molecule has 0 aliphatic carbocycles. The average molecular weight is 373 g/mol. The molecule has 1 saturated heterocycles. The van der Waals surface area contributed by atoms with Gasteiger partial charge in [-0.15, -0.1) is 0 Å². The first-order valence-corrected chi connectivity index (χ1v) is 10.2. The van der Waals surface area contributed by atoms with Crippen LogP contribution in [0.25, 0.3) is 0 Å². The number of amides is 2. The third-order valence-corrected chi connectivity index (χ3v) is 6.15. The van der Waals surface area contributed by atoms with Gasteiger partial charge in [0.2, 0.25) is 5.91 Å². The van der Waals surface area contributed by atoms with Gasteiger partial charge >= 0.3 is 0 Å². The number of likely N-dealkylation sites (tertiary alicyclic amines) is 1. The predicted octanol–water partition coefficient (Wildman–Crippen LogP) is 2.60. The monoisotopic (exact) mass is 372 g/mol. The number of hydrogen-bond acceptors (Lipinski definition) is 4. The lowest BCUT2D eigenvalue weighted by Crippen LogP contribution is -2.65. The molecular formula is C21H32N4O2. The Hall–Kier alpha value is -2.08. The fraction of sp³-hybridized carbons (Fsp3) is 0.619. The van der Waals surface area contributed by atoms with E-state index in [0.29, 0.717) is 12.6 Å². The second-order valence-corrected chi connectivity index (χ2v) is 7.76. The van der Waals surface area contributed by atoms with Gasteiger partial charge in [0.05, 0.1) is 11.4 Å². The van der Waals surface area contributed by atoms with Crippen LogP contribution in [0.2, 0.25) is 0 Å². The normalized spacial score (nSPS) is 21.3. The molecule has 0 bridgehead atoms. The van der Waals surface area contributed by atoms with E-state index in [1.54, 1.807) is 4.90 Å². The molecule has 1 spiro atoms. The largest absolute Gasteiger partial charge is 0.369 e. The SMILES string of the molecule is CCNC(=O)[C@H](C)N1C(=O)C2(CCN([C@@H](C)CC)CC2)Nc2ccccc21. The van der Waals surface area contributed by atoms with Crippen molar-refractivity contribution in [2.24, 2.45) is 0 Å². The van der Waals surface area contributed by atoms with Gasteiger partial charge in [-0.3, -0.25) is 14.5 Å². The fourth-order valence-electron chi connectivity index (χ4n) is 4.21. The van der Waals surface area contributed by atoms with Crippen molar-refractivity contribution >= 4 is 23.2 Å². The van der Waals surface area contributed by atoms with E-state index in [-0.39, 0.29) is 11.8 Å². The van der Waals surface area contributed by atoms with Crippen LogP contribution in [0.5, 0.6) is 0 Å². The third-order valence-electron chi connectivity index (χ3n) is 6.15. The van der Waals surface area contributed by atoms with Crippen LogP contribution in [0.4, 0.5) is 11.4 Å². The maximum atomic E-state index is 13.6. The minimum atomic E-state index is -0.626. The Balaban J connectivity index is 1.91. The number of anilines is 2. The molecule has 2 amide bonds. The van der Waals surface area contributed by atoms with Crippen molar-refractivity contribution in [1.82, 2.24) is 10.2 Å². The number of likely N-dealkylation sites (N-methyl/N-ethyl adjacent to an activating group) is 1. The molecule has 0 aromatic heterocycles. The van der Waals surface area contributed by atoms with Crippen LogP contribution in [-0.2, 0) is 9.59 Å². The van der Waals surface area contributed by atoms with Gasteiger partial charge in [-0.05, 0) is 52.2 Å². The molecule has 6 nitrogen and oxygen atoms in total. The highest BCUT2D eigenvalue weighted by atomic mass is 16.2. The van der Waals surface area contributed by atoms with Gasteiger partial charge in [0.15, 0.2) is 0 Å². The summed E-state index contributed by atoms with van der Waals surface area (Å²) in [5.74, 6) is -0.0986. The smallest absolute Gasteiger partial charge is 0.253 e. The van der Waals surface area contributed by atoms with E-state index in [4.69, 9.17) is 0 Å². The Morgan fingerprint density at radius 2 is 1.89 bits per heavy atom. The fourth-order valence-corrected chi connectivity index (χ4v) is 4.21. The van der Waals surface area contributed by atoms with Gasteiger partial charge in [-0.2, -0.15) is 0 Å². The van der Waals surface area contributed by atoms with Crippen LogP contribution in [-0.4, -0.2) is 54.0 Å². The van der Waals surface area contributed by atoms with Crippen molar-refractivity contribution < 1.29 is 9.59 Å². The summed E-state index contributed by atoms with van der Waals surface area (Å²) in [6, 6.07) is 7.79. The Kier molecular flexibility index (Phi) is 5.75. The lowest BCUT2D eigenvalue weighted by Gasteiger charge is -2.49. The summed E-state index contributed by atoms with van der Waals surface area (Å²) < 4.78 is 0. The number of hydrogen-bond donors (Lipinski definition) is 2. The van der Waals surface area contributed by atoms with Gasteiger partial charge in [-0.1, -0.05) is 19.1 Å². The number of nitrogens with one attached hydrogen (secondary N) is 2. The van der Waals surface area contributed by atoms with Gasteiger partial charge in [-0.25, -0.2) is 0 Å². The van der Waals surface area contributed by atoms with Crippen molar-refractivity contribution in [3.8, 4) is 0 Å². The van der Waals surface area contributed by atoms with Crippen LogP contribution < -0.4 is 15.5 Å². The highest BCUT2D eigenvalue weighted by molar-refractivity contribution is 6.11. The van der Waals surface area contributed by atoms with Crippen LogP contribution in [0.15, 0.2) is 24.3 Å². The highest BCUT2D eigenvalue weighted by Crippen LogP contribution is 2.41. The van der Waals surface area contributed by atoms with Gasteiger partial charge in [0.25, 0.3) is 5.91 Å². The lowest BCUT2D eigenvalue weighted by atomic mass is 9.82. The summed E-state index contributed by atoms with van der Waals surface area (Å²) in [4.78, 5) is 30.3. The summed E-state index contributed by atoms with van der Waals surface area (Å²) in [7, 11) is 0. The Morgan fingerprint density at radius 1 is 1.22 bits per heavy atom. The van der Waals surface area contributed by atoms with E-state index in [2.05, 4.69) is 29.4 Å². The molecule has 0 radical (unpaired) electrons. The zero-order valence-electron chi connectivity index (χ0n) is 16.9. The number of carbonyl (C=O) groups excluding carboxylic acids is 2. The highest BCUT2D eigenvalue weighted by Gasteiger charge is 2.49. The first kappa shape index (κ1) is 19.7. The number of para-hydroxylation sites is 2. The quantitative estimate of drug-likeness (QED) is 0.834. The molecule has 27 heavy (non-hydrogen) atoms. The molecule has 1 aromatic rings. The molecule has 2 heterocycles. The molecule has 1 aromatic carbocycles. The zero-order chi connectivity index (χ0) is 19.6. The second-order valence-electron chi connectivity index (χ2n) is 7.76. The van der Waals surface area contributed by atoms with E-state index >= 15 is 0 Å². The number of nitrogens with zero attached hydrogens (tertiary/aromatic N) is 2. The van der Waals surface area contributed by atoms with Crippen molar-refractivity contribution in [3.05, 3.63) is 24.3 Å². The topological polar surface area (TPSA) is 64.7 Å². The van der Waals surface area contributed by atoms with Crippen molar-refractivity contribution in [2.75, 3.05) is 29.9 Å². The number of piperidine rings is 1. The molecule has 0 unspecified atom stereocenters. The summed E-state index contributed by atoms with van der Waals surface area (Å²) >= 11 is 0. The number of rotatable bonds is 5. The van der Waals surface area contributed by atoms with Crippen molar-refractivity contribution in [1.29, 1.82) is 0 Å². The van der Waals surface area contributed by atoms with E-state index in [1.807, 2.05) is 38.1 Å². The molecule has 1 fully saturated rings. The third kappa shape index (κ3) is 3.55. The first-order chi connectivity index (χ1) is 12.9. The summed E-state index contributed by atoms with van der Waals surface area (Å²) in [6.45, 7) is 10.5. The molecule has 6 heteroatoms. The Bertz CT molecular complexity index is 697. The molecule has 3 rings (SSSR count). The average Bonchev–Trinajstić information content (AvgIpc) is 2.69. The van der Waals surface area contributed by atoms with Gasteiger partial charge < -0.3 is 15.5 Å². The minimum Gasteiger partial charge on any atom is -0.369 e. The Labute approximate surface area is 162 Å². The number of fused-ring (bicyclic) bond motifs is 1. The molecule has 0 saturated carbocycles. The molecule has 2 atom stereocenters. The number of carbonyl (C=O) groups is 2. The van der Waals surface area contributed by atoms with Crippen LogP contribution in [0.3, 0.4) is 0 Å². The minimum absolute atomic E-state index is 0.0174.